The molecule has 4 aliphatic rings. The third-order valence-electron chi connectivity index (χ3n) is 10.9. The van der Waals surface area contributed by atoms with Gasteiger partial charge in [0.05, 0.1) is 28.5 Å². The van der Waals surface area contributed by atoms with E-state index >= 15 is 4.79 Å². The number of likely N-dealkylation sites (tertiary alicyclic amines) is 1. The zero-order valence-electron chi connectivity index (χ0n) is 32.1. The summed E-state index contributed by atoms with van der Waals surface area (Å²) in [6, 6.07) is 12.9. The number of halogens is 3. The highest BCUT2D eigenvalue weighted by molar-refractivity contribution is 6.37. The summed E-state index contributed by atoms with van der Waals surface area (Å²) in [5, 5.41) is 4.55. The number of nitrogens with one attached hydrogen (secondary N) is 1. The summed E-state index contributed by atoms with van der Waals surface area (Å²) in [6.07, 6.45) is 6.42. The summed E-state index contributed by atoms with van der Waals surface area (Å²) in [5.74, 6) is 0.400. The minimum atomic E-state index is -0.673. The van der Waals surface area contributed by atoms with Crippen LogP contribution in [-0.2, 0) is 9.53 Å². The SMILES string of the molecule is Cc1cc(Cl)c(O[C@H]2CCN(c3ccc([C@@H]4CCN(C(=O)OC(C)(C)C)C[C@H]4C(=O)N(C4CC4)C(C)c4cc(C(=O)NC5CC5)ccc4Cl)cn3)C2)c(Cl)c1. The van der Waals surface area contributed by atoms with Crippen molar-refractivity contribution in [1.82, 2.24) is 20.1 Å². The highest BCUT2D eigenvalue weighted by Crippen LogP contribution is 2.43. The smallest absolute Gasteiger partial charge is 0.410 e. The predicted octanol–water partition coefficient (Wildman–Crippen LogP) is 8.99. The Morgan fingerprint density at radius 3 is 2.27 bits per heavy atom. The Morgan fingerprint density at radius 1 is 0.909 bits per heavy atom. The molecule has 2 aliphatic heterocycles. The first-order valence-corrected chi connectivity index (χ1v) is 20.5. The Kier molecular flexibility index (Phi) is 11.5. The number of carbonyl (C=O) groups is 3. The van der Waals surface area contributed by atoms with E-state index in [9.17, 15) is 9.59 Å². The molecule has 7 rings (SSSR count). The van der Waals surface area contributed by atoms with Crippen LogP contribution in [0.4, 0.5) is 10.6 Å². The number of piperidine rings is 1. The van der Waals surface area contributed by atoms with Crippen LogP contribution in [0.15, 0.2) is 48.7 Å². The molecule has 3 aromatic rings. The van der Waals surface area contributed by atoms with Crippen LogP contribution < -0.4 is 15.0 Å². The van der Waals surface area contributed by atoms with Crippen molar-refractivity contribution in [2.75, 3.05) is 31.1 Å². The van der Waals surface area contributed by atoms with Gasteiger partial charge < -0.3 is 29.5 Å². The average molecular weight is 811 g/mol. The fraction of sp³-hybridized carbons (Fsp3) is 0.524. The van der Waals surface area contributed by atoms with Crippen LogP contribution in [0.25, 0.3) is 0 Å². The van der Waals surface area contributed by atoms with E-state index in [4.69, 9.17) is 49.3 Å². The highest BCUT2D eigenvalue weighted by Gasteiger charge is 2.45. The molecule has 2 saturated heterocycles. The molecule has 4 atom stereocenters. The number of anilines is 1. The molecule has 0 spiro atoms. The molecule has 3 amide bonds. The number of rotatable bonds is 10. The average Bonchev–Trinajstić information content (AvgIpc) is 4.08. The molecule has 1 N–H and O–H groups in total. The number of hydrogen-bond donors (Lipinski definition) is 1. The lowest BCUT2D eigenvalue weighted by Crippen LogP contribution is -2.51. The summed E-state index contributed by atoms with van der Waals surface area (Å²) in [7, 11) is 0. The molecule has 1 unspecified atom stereocenters. The van der Waals surface area contributed by atoms with Gasteiger partial charge in [0.1, 0.15) is 17.5 Å². The van der Waals surface area contributed by atoms with E-state index in [-0.39, 0.29) is 42.5 Å². The molecule has 2 saturated carbocycles. The van der Waals surface area contributed by atoms with Gasteiger partial charge >= 0.3 is 6.09 Å². The van der Waals surface area contributed by atoms with Crippen LogP contribution in [-0.4, -0.2) is 82.7 Å². The molecule has 55 heavy (non-hydrogen) atoms. The van der Waals surface area contributed by atoms with Gasteiger partial charge in [0, 0.05) is 60.8 Å². The zero-order chi connectivity index (χ0) is 39.2. The lowest BCUT2D eigenvalue weighted by Gasteiger charge is -2.42. The number of amides is 3. The Balaban J connectivity index is 1.11. The molecule has 3 heterocycles. The lowest BCUT2D eigenvalue weighted by molar-refractivity contribution is -0.141. The van der Waals surface area contributed by atoms with Crippen molar-refractivity contribution in [1.29, 1.82) is 0 Å². The van der Waals surface area contributed by atoms with Crippen LogP contribution in [0.3, 0.4) is 0 Å². The second-order valence-electron chi connectivity index (χ2n) is 16.5. The molecular formula is C42H50Cl3N5O5. The highest BCUT2D eigenvalue weighted by atomic mass is 35.5. The first-order chi connectivity index (χ1) is 26.1. The maximum Gasteiger partial charge on any atom is 0.410 e. The third-order valence-corrected chi connectivity index (χ3v) is 11.8. The van der Waals surface area contributed by atoms with Gasteiger partial charge in [-0.1, -0.05) is 40.9 Å². The Bertz CT molecular complexity index is 1910. The van der Waals surface area contributed by atoms with Crippen LogP contribution in [0.1, 0.15) is 105 Å². The van der Waals surface area contributed by atoms with Gasteiger partial charge in [-0.3, -0.25) is 9.59 Å². The molecule has 2 aromatic carbocycles. The summed E-state index contributed by atoms with van der Waals surface area (Å²) in [5.41, 5.74) is 2.49. The topological polar surface area (TPSA) is 104 Å². The van der Waals surface area contributed by atoms with Gasteiger partial charge in [0.2, 0.25) is 5.91 Å². The molecule has 13 heteroatoms. The van der Waals surface area contributed by atoms with Crippen molar-refractivity contribution in [3.05, 3.63) is 86.0 Å². The van der Waals surface area contributed by atoms with Gasteiger partial charge in [-0.2, -0.15) is 0 Å². The number of nitrogens with zero attached hydrogens (tertiary/aromatic N) is 4. The second-order valence-corrected chi connectivity index (χ2v) is 17.8. The first-order valence-electron chi connectivity index (χ1n) is 19.4. The normalized spacial score (nSPS) is 21.9. The Hall–Kier alpha value is -3.73. The molecule has 4 fully saturated rings. The summed E-state index contributed by atoms with van der Waals surface area (Å²) in [6.45, 7) is 11.5. The van der Waals surface area contributed by atoms with Crippen LogP contribution >= 0.6 is 34.8 Å². The van der Waals surface area contributed by atoms with E-state index < -0.39 is 23.7 Å². The van der Waals surface area contributed by atoms with E-state index in [1.807, 2.05) is 70.0 Å². The number of pyridine rings is 1. The van der Waals surface area contributed by atoms with Gasteiger partial charge in [-0.15, -0.1) is 0 Å². The molecule has 2 aliphatic carbocycles. The second kappa shape index (κ2) is 16.0. The fourth-order valence-corrected chi connectivity index (χ4v) is 8.74. The van der Waals surface area contributed by atoms with Gasteiger partial charge in [-0.25, -0.2) is 9.78 Å². The van der Waals surface area contributed by atoms with Crippen molar-refractivity contribution in [2.45, 2.75) is 109 Å². The van der Waals surface area contributed by atoms with Crippen LogP contribution in [0.2, 0.25) is 15.1 Å². The fourth-order valence-electron chi connectivity index (χ4n) is 7.78. The molecule has 0 radical (unpaired) electrons. The molecular weight excluding hydrogens is 761 g/mol. The third kappa shape index (κ3) is 9.29. The van der Waals surface area contributed by atoms with E-state index in [1.165, 1.54) is 0 Å². The van der Waals surface area contributed by atoms with E-state index in [0.717, 1.165) is 61.2 Å². The maximum absolute atomic E-state index is 15.0. The van der Waals surface area contributed by atoms with Crippen LogP contribution in [0.5, 0.6) is 5.75 Å². The first kappa shape index (κ1) is 39.5. The van der Waals surface area contributed by atoms with Gasteiger partial charge in [0.15, 0.2) is 5.75 Å². The minimum Gasteiger partial charge on any atom is -0.485 e. The van der Waals surface area contributed by atoms with E-state index in [0.29, 0.717) is 45.9 Å². The van der Waals surface area contributed by atoms with Crippen LogP contribution in [0, 0.1) is 12.8 Å². The molecule has 0 bridgehead atoms. The summed E-state index contributed by atoms with van der Waals surface area (Å²) < 4.78 is 12.0. The van der Waals surface area contributed by atoms with Crippen molar-refractivity contribution in [2.24, 2.45) is 5.92 Å². The van der Waals surface area contributed by atoms with E-state index in [1.54, 1.807) is 17.0 Å². The number of ether oxygens (including phenoxy) is 2. The maximum atomic E-state index is 15.0. The Morgan fingerprint density at radius 2 is 1.64 bits per heavy atom. The largest absolute Gasteiger partial charge is 0.485 e. The van der Waals surface area contributed by atoms with Crippen molar-refractivity contribution >= 4 is 58.5 Å². The standard InChI is InChI=1S/C42H50Cl3N5O5/c1-24-18-35(44)38(36(45)19-24)54-30-14-16-48(22-30)37-13-7-27(21-46-37)31-15-17-49(41(53)55-42(3,4)5)23-33(31)40(52)50(29-10-11-29)25(2)32-20-26(6-12-34(32)43)39(51)47-28-8-9-28/h6-7,12-13,18-21,25,28-31,33H,8-11,14-17,22-23H2,1-5H3,(H,47,51)/t25?,30-,31-,33+/m0/s1. The van der Waals surface area contributed by atoms with Crippen molar-refractivity contribution in [3.63, 3.8) is 0 Å². The van der Waals surface area contributed by atoms with Crippen molar-refractivity contribution < 1.29 is 23.9 Å². The minimum absolute atomic E-state index is 0.0376. The summed E-state index contributed by atoms with van der Waals surface area (Å²) >= 11 is 19.7. The number of aryl methyl sites for hydroxylation is 1. The van der Waals surface area contributed by atoms with E-state index in [2.05, 4.69) is 16.3 Å². The van der Waals surface area contributed by atoms with Gasteiger partial charge in [0.25, 0.3) is 5.91 Å². The number of benzene rings is 2. The molecule has 10 nitrogen and oxygen atoms in total. The quantitative estimate of drug-likeness (QED) is 0.218. The number of aromatic nitrogens is 1. The van der Waals surface area contributed by atoms with Gasteiger partial charge in [-0.05, 0) is 120 Å². The van der Waals surface area contributed by atoms with Crippen molar-refractivity contribution in [3.8, 4) is 5.75 Å². The monoisotopic (exact) mass is 809 g/mol. The number of carbonyl (C=O) groups excluding carboxylic acids is 3. The number of hydrogen-bond acceptors (Lipinski definition) is 7. The Labute approximate surface area is 338 Å². The molecule has 1 aromatic heterocycles. The molecule has 294 valence electrons. The lowest BCUT2D eigenvalue weighted by atomic mass is 9.79. The predicted molar refractivity (Wildman–Crippen MR) is 216 cm³/mol. The zero-order valence-corrected chi connectivity index (χ0v) is 34.4. The summed E-state index contributed by atoms with van der Waals surface area (Å²) in [4.78, 5) is 52.1.